The van der Waals surface area contributed by atoms with E-state index in [4.69, 9.17) is 4.52 Å². The van der Waals surface area contributed by atoms with Crippen LogP contribution < -0.4 is 0 Å². The molecule has 2 aromatic heterocycles. The zero-order valence-electron chi connectivity index (χ0n) is 19.3. The second-order valence-electron chi connectivity index (χ2n) is 8.87. The molecule has 9 heteroatoms. The fourth-order valence-electron chi connectivity index (χ4n) is 4.32. The molecule has 1 N–H and O–H groups in total. The Morgan fingerprint density at radius 3 is 2.54 bits per heavy atom. The highest BCUT2D eigenvalue weighted by molar-refractivity contribution is 7.90. The predicted molar refractivity (Wildman–Crippen MR) is 130 cm³/mol. The summed E-state index contributed by atoms with van der Waals surface area (Å²) in [6, 6.07) is 20.3. The van der Waals surface area contributed by atoms with Crippen molar-refractivity contribution in [3.05, 3.63) is 95.8 Å². The van der Waals surface area contributed by atoms with Crippen LogP contribution in [0.3, 0.4) is 0 Å². The van der Waals surface area contributed by atoms with Gasteiger partial charge in [-0.05, 0) is 43.2 Å². The standard InChI is InChI=1S/C26H26N4O4S/c1-18-5-11-22(12-6-18)35(32,33)17-25-28-26(34-29-25)24-14-21(31)16-30(24)15-19-7-9-20(10-8-19)23-4-2-3-13-27-23/h2-13,21,24,31H,14-17H2,1H3/t21-,24+/m1/s1. The van der Waals surface area contributed by atoms with E-state index in [0.29, 0.717) is 25.4 Å². The largest absolute Gasteiger partial charge is 0.392 e. The van der Waals surface area contributed by atoms with Gasteiger partial charge in [0.15, 0.2) is 15.7 Å². The first-order valence-electron chi connectivity index (χ1n) is 11.4. The summed E-state index contributed by atoms with van der Waals surface area (Å²) in [6.07, 6.45) is 1.68. The number of aliphatic hydroxyl groups excluding tert-OH is 1. The maximum atomic E-state index is 12.8. The minimum absolute atomic E-state index is 0.113. The van der Waals surface area contributed by atoms with Gasteiger partial charge in [-0.25, -0.2) is 8.42 Å². The van der Waals surface area contributed by atoms with Crippen LogP contribution in [0.25, 0.3) is 11.3 Å². The van der Waals surface area contributed by atoms with E-state index in [1.54, 1.807) is 30.5 Å². The molecule has 35 heavy (non-hydrogen) atoms. The first-order valence-corrected chi connectivity index (χ1v) is 13.1. The van der Waals surface area contributed by atoms with Gasteiger partial charge in [-0.15, -0.1) is 0 Å². The number of pyridine rings is 1. The van der Waals surface area contributed by atoms with E-state index in [2.05, 4.69) is 20.0 Å². The molecule has 3 heterocycles. The van der Waals surface area contributed by atoms with Crippen molar-refractivity contribution in [1.29, 1.82) is 0 Å². The Labute approximate surface area is 204 Å². The Hall–Kier alpha value is -3.40. The van der Waals surface area contributed by atoms with E-state index in [9.17, 15) is 13.5 Å². The lowest BCUT2D eigenvalue weighted by Crippen LogP contribution is -2.24. The van der Waals surface area contributed by atoms with Crippen molar-refractivity contribution in [3.8, 4) is 11.3 Å². The highest BCUT2D eigenvalue weighted by atomic mass is 32.2. The molecule has 5 rings (SSSR count). The van der Waals surface area contributed by atoms with Gasteiger partial charge in [0.1, 0.15) is 5.75 Å². The third-order valence-corrected chi connectivity index (χ3v) is 7.78. The van der Waals surface area contributed by atoms with Crippen LogP contribution in [-0.4, -0.2) is 46.2 Å². The number of likely N-dealkylation sites (tertiary alicyclic amines) is 1. The van der Waals surface area contributed by atoms with E-state index < -0.39 is 15.9 Å². The second kappa shape index (κ2) is 9.69. The van der Waals surface area contributed by atoms with Gasteiger partial charge in [0, 0.05) is 24.8 Å². The highest BCUT2D eigenvalue weighted by Crippen LogP contribution is 2.33. The Kier molecular flexibility index (Phi) is 6.46. The zero-order chi connectivity index (χ0) is 24.4. The van der Waals surface area contributed by atoms with Crippen LogP contribution in [0.1, 0.15) is 35.3 Å². The molecule has 1 aliphatic rings. The van der Waals surface area contributed by atoms with E-state index >= 15 is 0 Å². The number of aryl methyl sites for hydroxylation is 1. The fraction of sp³-hybridized carbons (Fsp3) is 0.269. The molecule has 0 spiro atoms. The minimum Gasteiger partial charge on any atom is -0.392 e. The van der Waals surface area contributed by atoms with Crippen molar-refractivity contribution in [3.63, 3.8) is 0 Å². The lowest BCUT2D eigenvalue weighted by atomic mass is 10.1. The molecule has 0 aliphatic carbocycles. The lowest BCUT2D eigenvalue weighted by Gasteiger charge is -2.21. The van der Waals surface area contributed by atoms with Crippen molar-refractivity contribution in [2.24, 2.45) is 0 Å². The fourth-order valence-corrected chi connectivity index (χ4v) is 5.49. The first kappa shape index (κ1) is 23.3. The highest BCUT2D eigenvalue weighted by Gasteiger charge is 2.36. The first-order chi connectivity index (χ1) is 16.9. The molecule has 1 saturated heterocycles. The molecule has 8 nitrogen and oxygen atoms in total. The molecule has 4 aromatic rings. The lowest BCUT2D eigenvalue weighted by molar-refractivity contribution is 0.169. The summed E-state index contributed by atoms with van der Waals surface area (Å²) in [5, 5.41) is 14.3. The third kappa shape index (κ3) is 5.32. The molecule has 0 saturated carbocycles. The quantitative estimate of drug-likeness (QED) is 0.417. The van der Waals surface area contributed by atoms with Crippen LogP contribution in [0, 0.1) is 6.92 Å². The summed E-state index contributed by atoms with van der Waals surface area (Å²) in [7, 11) is -3.59. The average molecular weight is 491 g/mol. The van der Waals surface area contributed by atoms with Crippen LogP contribution in [0.5, 0.6) is 0 Å². The van der Waals surface area contributed by atoms with Gasteiger partial charge >= 0.3 is 0 Å². The zero-order valence-corrected chi connectivity index (χ0v) is 20.1. The van der Waals surface area contributed by atoms with Gasteiger partial charge in [-0.2, -0.15) is 4.98 Å². The molecule has 1 aliphatic heterocycles. The van der Waals surface area contributed by atoms with Gasteiger partial charge in [0.2, 0.25) is 5.89 Å². The molecule has 180 valence electrons. The summed E-state index contributed by atoms with van der Waals surface area (Å²) in [6.45, 7) is 2.95. The SMILES string of the molecule is Cc1ccc(S(=O)(=O)Cc2noc([C@@H]3C[C@@H](O)CN3Cc3ccc(-c4ccccn4)cc3)n2)cc1. The molecule has 0 bridgehead atoms. The predicted octanol–water partition coefficient (Wildman–Crippen LogP) is 3.72. The summed E-state index contributed by atoms with van der Waals surface area (Å²) >= 11 is 0. The van der Waals surface area contributed by atoms with Crippen LogP contribution in [-0.2, 0) is 22.1 Å². The normalized spacial score (nSPS) is 18.7. The van der Waals surface area contributed by atoms with E-state index in [0.717, 1.165) is 22.4 Å². The number of sulfone groups is 1. The summed E-state index contributed by atoms with van der Waals surface area (Å²) in [5.41, 5.74) is 4.00. The molecule has 2 atom stereocenters. The van der Waals surface area contributed by atoms with Crippen molar-refractivity contribution in [1.82, 2.24) is 20.0 Å². The van der Waals surface area contributed by atoms with Crippen LogP contribution in [0.2, 0.25) is 0 Å². The number of β-amino-alcohol motifs (C(OH)–C–C–N with tert-alkyl or cyclic N) is 1. The average Bonchev–Trinajstić information content (AvgIpc) is 3.46. The Balaban J connectivity index is 1.29. The van der Waals surface area contributed by atoms with Crippen LogP contribution in [0.15, 0.2) is 82.3 Å². The number of benzene rings is 2. The van der Waals surface area contributed by atoms with Crippen molar-refractivity contribution >= 4 is 9.84 Å². The van der Waals surface area contributed by atoms with Gasteiger partial charge in [-0.3, -0.25) is 9.88 Å². The van der Waals surface area contributed by atoms with Gasteiger partial charge < -0.3 is 9.63 Å². The molecule has 2 aromatic carbocycles. The van der Waals surface area contributed by atoms with Crippen molar-refractivity contribution in [2.75, 3.05) is 6.54 Å². The smallest absolute Gasteiger partial charge is 0.244 e. The molecule has 0 radical (unpaired) electrons. The monoisotopic (exact) mass is 490 g/mol. The summed E-state index contributed by atoms with van der Waals surface area (Å²) in [5.74, 6) is 0.0893. The van der Waals surface area contributed by atoms with E-state index in [-0.39, 0.29) is 22.5 Å². The number of nitrogens with zero attached hydrogens (tertiary/aromatic N) is 4. The van der Waals surface area contributed by atoms with E-state index in [1.165, 1.54) is 0 Å². The summed E-state index contributed by atoms with van der Waals surface area (Å²) in [4.78, 5) is 11.1. The third-order valence-electron chi connectivity index (χ3n) is 6.15. The molecule has 0 amide bonds. The van der Waals surface area contributed by atoms with Crippen molar-refractivity contribution in [2.45, 2.75) is 42.7 Å². The topological polar surface area (TPSA) is 109 Å². The number of hydrogen-bond acceptors (Lipinski definition) is 8. The maximum absolute atomic E-state index is 12.8. The van der Waals surface area contributed by atoms with Gasteiger partial charge in [-0.1, -0.05) is 53.2 Å². The summed E-state index contributed by atoms with van der Waals surface area (Å²) < 4.78 is 31.0. The number of aromatic nitrogens is 3. The van der Waals surface area contributed by atoms with Gasteiger partial charge in [0.25, 0.3) is 0 Å². The Morgan fingerprint density at radius 1 is 1.06 bits per heavy atom. The van der Waals surface area contributed by atoms with Crippen molar-refractivity contribution < 1.29 is 18.0 Å². The van der Waals surface area contributed by atoms with Gasteiger partial charge in [0.05, 0.1) is 22.7 Å². The van der Waals surface area contributed by atoms with Crippen LogP contribution in [0.4, 0.5) is 0 Å². The number of hydrogen-bond donors (Lipinski definition) is 1. The Bertz CT molecular complexity index is 1390. The number of aliphatic hydroxyl groups is 1. The molecule has 0 unspecified atom stereocenters. The minimum atomic E-state index is -3.59. The maximum Gasteiger partial charge on any atom is 0.244 e. The second-order valence-corrected chi connectivity index (χ2v) is 10.9. The Morgan fingerprint density at radius 2 is 1.83 bits per heavy atom. The molecular formula is C26H26N4O4S. The van der Waals surface area contributed by atoms with E-state index in [1.807, 2.05) is 49.4 Å². The molecule has 1 fully saturated rings. The molecular weight excluding hydrogens is 464 g/mol. The number of rotatable bonds is 7. The van der Waals surface area contributed by atoms with Crippen LogP contribution >= 0.6 is 0 Å².